The molecule has 7 nitrogen and oxygen atoms in total. The molecule has 7 heteroatoms. The van der Waals surface area contributed by atoms with Crippen molar-refractivity contribution in [2.24, 2.45) is 0 Å². The highest BCUT2D eigenvalue weighted by molar-refractivity contribution is 5.91. The first-order valence-corrected chi connectivity index (χ1v) is 7.19. The van der Waals surface area contributed by atoms with Crippen molar-refractivity contribution in [3.8, 4) is 17.2 Å². The monoisotopic (exact) mass is 302 g/mol. The second kappa shape index (κ2) is 6.15. The molecule has 0 spiro atoms. The molecule has 1 atom stereocenters. The van der Waals surface area contributed by atoms with E-state index in [0.717, 1.165) is 18.7 Å². The average molecular weight is 302 g/mol. The molecule has 0 unspecified atom stereocenters. The van der Waals surface area contributed by atoms with Crippen LogP contribution in [0.5, 0.6) is 5.75 Å². The van der Waals surface area contributed by atoms with Gasteiger partial charge >= 0.3 is 0 Å². The summed E-state index contributed by atoms with van der Waals surface area (Å²) in [5.74, 6) is 0.891. The van der Waals surface area contributed by atoms with E-state index in [0.29, 0.717) is 18.2 Å². The number of aromatic nitrogens is 2. The van der Waals surface area contributed by atoms with Crippen LogP contribution in [-0.2, 0) is 0 Å². The molecular weight excluding hydrogens is 284 g/mol. The molecule has 1 saturated heterocycles. The summed E-state index contributed by atoms with van der Waals surface area (Å²) < 4.78 is 10.4. The van der Waals surface area contributed by atoms with Crippen LogP contribution in [0.15, 0.2) is 28.8 Å². The first-order chi connectivity index (χ1) is 10.7. The zero-order valence-corrected chi connectivity index (χ0v) is 12.6. The van der Waals surface area contributed by atoms with Gasteiger partial charge in [-0.05, 0) is 25.1 Å². The summed E-state index contributed by atoms with van der Waals surface area (Å²) in [5, 5.41) is 7.06. The fourth-order valence-corrected chi connectivity index (χ4v) is 2.45. The minimum Gasteiger partial charge on any atom is -0.497 e. The Bertz CT molecular complexity index is 670. The van der Waals surface area contributed by atoms with Crippen molar-refractivity contribution in [1.29, 1.82) is 0 Å². The zero-order chi connectivity index (χ0) is 15.5. The number of ether oxygens (including phenoxy) is 1. The molecule has 1 amide bonds. The number of nitrogens with one attached hydrogen (secondary N) is 1. The Morgan fingerprint density at radius 3 is 3.14 bits per heavy atom. The molecule has 1 fully saturated rings. The maximum Gasteiger partial charge on any atom is 0.295 e. The maximum absolute atomic E-state index is 12.5. The molecule has 1 N–H and O–H groups in total. The van der Waals surface area contributed by atoms with E-state index in [1.165, 1.54) is 0 Å². The van der Waals surface area contributed by atoms with E-state index in [1.807, 2.05) is 25.1 Å². The Labute approximate surface area is 128 Å². The number of hydrogen-bond acceptors (Lipinski definition) is 6. The van der Waals surface area contributed by atoms with Crippen molar-refractivity contribution in [2.75, 3.05) is 26.7 Å². The lowest BCUT2D eigenvalue weighted by molar-refractivity contribution is 0.0640. The third kappa shape index (κ3) is 2.80. The zero-order valence-electron chi connectivity index (χ0n) is 12.6. The molecule has 0 saturated carbocycles. The fourth-order valence-electron chi connectivity index (χ4n) is 2.45. The van der Waals surface area contributed by atoms with Crippen LogP contribution >= 0.6 is 0 Å². The topological polar surface area (TPSA) is 80.5 Å². The predicted molar refractivity (Wildman–Crippen MR) is 79.7 cm³/mol. The average Bonchev–Trinajstić information content (AvgIpc) is 3.05. The minimum absolute atomic E-state index is 0.0894. The van der Waals surface area contributed by atoms with Crippen molar-refractivity contribution in [2.45, 2.75) is 13.0 Å². The summed E-state index contributed by atoms with van der Waals surface area (Å²) in [5.41, 5.74) is 0.722. The van der Waals surface area contributed by atoms with Gasteiger partial charge in [-0.15, -0.1) is 0 Å². The van der Waals surface area contributed by atoms with Gasteiger partial charge in [0, 0.05) is 31.2 Å². The van der Waals surface area contributed by atoms with Gasteiger partial charge in [0.1, 0.15) is 5.75 Å². The number of hydrogen-bond donors (Lipinski definition) is 1. The fraction of sp³-hybridized carbons (Fsp3) is 0.400. The van der Waals surface area contributed by atoms with E-state index < -0.39 is 0 Å². The van der Waals surface area contributed by atoms with Gasteiger partial charge in [0.15, 0.2) is 0 Å². The summed E-state index contributed by atoms with van der Waals surface area (Å²) in [6.45, 7) is 4.18. The van der Waals surface area contributed by atoms with Crippen LogP contribution in [-0.4, -0.2) is 53.7 Å². The third-order valence-corrected chi connectivity index (χ3v) is 3.70. The molecular formula is C15H18N4O3. The van der Waals surface area contributed by atoms with Crippen molar-refractivity contribution < 1.29 is 14.1 Å². The Morgan fingerprint density at radius 1 is 1.50 bits per heavy atom. The smallest absolute Gasteiger partial charge is 0.295 e. The van der Waals surface area contributed by atoms with E-state index in [2.05, 4.69) is 15.5 Å². The number of benzene rings is 1. The van der Waals surface area contributed by atoms with E-state index in [1.54, 1.807) is 18.1 Å². The quantitative estimate of drug-likeness (QED) is 0.917. The van der Waals surface area contributed by atoms with E-state index >= 15 is 0 Å². The van der Waals surface area contributed by atoms with Gasteiger partial charge in [0.2, 0.25) is 0 Å². The SMILES string of the molecule is COc1cccc(-c2nc(C(=O)N3CCNC[C@@H]3C)no2)c1. The highest BCUT2D eigenvalue weighted by Gasteiger charge is 2.27. The largest absolute Gasteiger partial charge is 0.497 e. The van der Waals surface area contributed by atoms with Crippen LogP contribution < -0.4 is 10.1 Å². The summed E-state index contributed by atoms with van der Waals surface area (Å²) >= 11 is 0. The number of rotatable bonds is 3. The predicted octanol–water partition coefficient (Wildman–Crippen LogP) is 1.18. The number of nitrogens with zero attached hydrogens (tertiary/aromatic N) is 3. The number of methoxy groups -OCH3 is 1. The summed E-state index contributed by atoms with van der Waals surface area (Å²) in [6, 6.07) is 7.39. The number of piperazine rings is 1. The molecule has 2 heterocycles. The van der Waals surface area contributed by atoms with Crippen molar-refractivity contribution in [3.05, 3.63) is 30.1 Å². The number of amides is 1. The van der Waals surface area contributed by atoms with E-state index in [-0.39, 0.29) is 17.8 Å². The van der Waals surface area contributed by atoms with Crippen LogP contribution in [0, 0.1) is 0 Å². The normalized spacial score (nSPS) is 18.3. The van der Waals surface area contributed by atoms with Gasteiger partial charge in [-0.25, -0.2) is 0 Å². The van der Waals surface area contributed by atoms with Crippen molar-refractivity contribution in [1.82, 2.24) is 20.4 Å². The minimum atomic E-state index is -0.202. The van der Waals surface area contributed by atoms with Gasteiger partial charge in [-0.3, -0.25) is 4.79 Å². The molecule has 1 aromatic carbocycles. The maximum atomic E-state index is 12.5. The molecule has 1 aliphatic heterocycles. The molecule has 0 aliphatic carbocycles. The van der Waals surface area contributed by atoms with Gasteiger partial charge in [-0.2, -0.15) is 4.98 Å². The Hall–Kier alpha value is -2.41. The van der Waals surface area contributed by atoms with E-state index in [4.69, 9.17) is 9.26 Å². The first kappa shape index (κ1) is 14.5. The van der Waals surface area contributed by atoms with Crippen LogP contribution in [0.25, 0.3) is 11.5 Å². The van der Waals surface area contributed by atoms with Crippen LogP contribution in [0.1, 0.15) is 17.5 Å². The van der Waals surface area contributed by atoms with Crippen molar-refractivity contribution >= 4 is 5.91 Å². The van der Waals surface area contributed by atoms with Gasteiger partial charge < -0.3 is 19.5 Å². The third-order valence-electron chi connectivity index (χ3n) is 3.70. The summed E-state index contributed by atoms with van der Waals surface area (Å²) in [4.78, 5) is 18.4. The number of carbonyl (C=O) groups excluding carboxylic acids is 1. The highest BCUT2D eigenvalue weighted by atomic mass is 16.5. The molecule has 116 valence electrons. The lowest BCUT2D eigenvalue weighted by atomic mass is 10.2. The second-order valence-corrected chi connectivity index (χ2v) is 5.21. The molecule has 1 aliphatic rings. The second-order valence-electron chi connectivity index (χ2n) is 5.21. The van der Waals surface area contributed by atoms with Crippen molar-refractivity contribution in [3.63, 3.8) is 0 Å². The van der Waals surface area contributed by atoms with Crippen LogP contribution in [0.2, 0.25) is 0 Å². The molecule has 1 aromatic heterocycles. The summed E-state index contributed by atoms with van der Waals surface area (Å²) in [6.07, 6.45) is 0. The van der Waals surface area contributed by atoms with Crippen LogP contribution in [0.4, 0.5) is 0 Å². The van der Waals surface area contributed by atoms with E-state index in [9.17, 15) is 4.79 Å². The molecule has 0 bridgehead atoms. The number of carbonyl (C=O) groups is 1. The Balaban J connectivity index is 1.82. The lowest BCUT2D eigenvalue weighted by Crippen LogP contribution is -2.52. The van der Waals surface area contributed by atoms with Gasteiger partial charge in [-0.1, -0.05) is 11.2 Å². The summed E-state index contributed by atoms with van der Waals surface area (Å²) in [7, 11) is 1.59. The first-order valence-electron chi connectivity index (χ1n) is 7.19. The van der Waals surface area contributed by atoms with Gasteiger partial charge in [0.05, 0.1) is 7.11 Å². The molecule has 2 aromatic rings. The standard InChI is InChI=1S/C15H18N4O3/c1-10-9-16-6-7-19(10)15(20)13-17-14(22-18-13)11-4-3-5-12(8-11)21-2/h3-5,8,10,16H,6-7,9H2,1-2H3/t10-/m0/s1. The van der Waals surface area contributed by atoms with Gasteiger partial charge in [0.25, 0.3) is 17.6 Å². The highest BCUT2D eigenvalue weighted by Crippen LogP contribution is 2.22. The Morgan fingerprint density at radius 2 is 2.36 bits per heavy atom. The van der Waals surface area contributed by atoms with Crippen LogP contribution in [0.3, 0.4) is 0 Å². The Kier molecular flexibility index (Phi) is 4.06. The molecule has 0 radical (unpaired) electrons. The lowest BCUT2D eigenvalue weighted by Gasteiger charge is -2.32. The molecule has 3 rings (SSSR count). The molecule has 22 heavy (non-hydrogen) atoms.